The van der Waals surface area contributed by atoms with Crippen molar-refractivity contribution in [1.82, 2.24) is 25.6 Å². The number of carbonyl (C=O) groups is 1. The van der Waals surface area contributed by atoms with Gasteiger partial charge >= 0.3 is 0 Å². The highest BCUT2D eigenvalue weighted by Crippen LogP contribution is 2.44. The first-order valence-corrected chi connectivity index (χ1v) is 14.8. The van der Waals surface area contributed by atoms with Crippen molar-refractivity contribution in [1.29, 1.82) is 0 Å². The van der Waals surface area contributed by atoms with E-state index >= 15 is 0 Å². The molecule has 2 aromatic rings. The van der Waals surface area contributed by atoms with Crippen molar-refractivity contribution in [2.45, 2.75) is 76.3 Å². The number of carbonyl (C=O) groups excluding carboxylic acids is 1. The first-order valence-electron chi connectivity index (χ1n) is 14.8. The Hall–Kier alpha value is -3.40. The number of nitrogens with one attached hydrogen (secondary N) is 2. The third-order valence-corrected chi connectivity index (χ3v) is 8.54. The van der Waals surface area contributed by atoms with E-state index in [1.807, 2.05) is 61.5 Å². The van der Waals surface area contributed by atoms with Crippen LogP contribution in [0.5, 0.6) is 11.5 Å². The van der Waals surface area contributed by atoms with Crippen LogP contribution in [-0.2, 0) is 4.79 Å². The van der Waals surface area contributed by atoms with E-state index < -0.39 is 0 Å². The zero-order chi connectivity index (χ0) is 29.1. The summed E-state index contributed by atoms with van der Waals surface area (Å²) in [7, 11) is 6.12. The Labute approximate surface area is 244 Å². The van der Waals surface area contributed by atoms with Gasteiger partial charge < -0.3 is 21.1 Å². The summed E-state index contributed by atoms with van der Waals surface area (Å²) >= 11 is 0. The average molecular weight is 560 g/mol. The number of benzene rings is 2. The predicted molar refractivity (Wildman–Crippen MR) is 163 cm³/mol. The van der Waals surface area contributed by atoms with E-state index in [1.165, 1.54) is 0 Å². The summed E-state index contributed by atoms with van der Waals surface area (Å²) in [5, 5.41) is 11.6. The van der Waals surface area contributed by atoms with Crippen LogP contribution in [0.4, 0.5) is 0 Å². The number of rotatable bonds is 9. The Morgan fingerprint density at radius 3 is 2.37 bits per heavy atom. The third-order valence-electron chi connectivity index (χ3n) is 8.54. The molecule has 2 aliphatic heterocycles. The number of nitrogens with two attached hydrogens (primary N) is 1. The maximum Gasteiger partial charge on any atom is 0.237 e. The van der Waals surface area contributed by atoms with Crippen LogP contribution in [0.25, 0.3) is 0 Å². The molecule has 220 valence electrons. The monoisotopic (exact) mass is 559 g/mol. The number of para-hydroxylation sites is 1. The van der Waals surface area contributed by atoms with Crippen LogP contribution in [0.15, 0.2) is 71.0 Å². The molecule has 5 rings (SSSR count). The van der Waals surface area contributed by atoms with E-state index in [4.69, 9.17) is 10.5 Å². The van der Waals surface area contributed by atoms with Gasteiger partial charge in [0, 0.05) is 24.7 Å². The van der Waals surface area contributed by atoms with Gasteiger partial charge in [-0.2, -0.15) is 0 Å². The minimum absolute atomic E-state index is 0.0370. The molecule has 3 aliphatic rings. The Bertz CT molecular complexity index is 1240. The van der Waals surface area contributed by atoms with E-state index in [0.717, 1.165) is 54.7 Å². The average Bonchev–Trinajstić information content (AvgIpc) is 3.26. The summed E-state index contributed by atoms with van der Waals surface area (Å²) in [6.07, 6.45) is 6.41. The molecule has 2 fully saturated rings. The van der Waals surface area contributed by atoms with Gasteiger partial charge in [-0.1, -0.05) is 44.2 Å². The topological polar surface area (TPSA) is 98.5 Å². The summed E-state index contributed by atoms with van der Waals surface area (Å²) < 4.78 is 6.02. The molecule has 0 aromatic heterocycles. The summed E-state index contributed by atoms with van der Waals surface area (Å²) in [4.78, 5) is 19.6. The van der Waals surface area contributed by atoms with Gasteiger partial charge in [-0.15, -0.1) is 0 Å². The molecule has 1 saturated heterocycles. The van der Waals surface area contributed by atoms with Crippen molar-refractivity contribution < 1.29 is 9.53 Å². The van der Waals surface area contributed by atoms with Crippen molar-refractivity contribution in [3.63, 3.8) is 0 Å². The summed E-state index contributed by atoms with van der Waals surface area (Å²) in [6.45, 7) is 4.34. The number of nitrogens with zero attached hydrogens (tertiary/aromatic N) is 4. The fourth-order valence-electron chi connectivity index (χ4n) is 6.49. The molecule has 0 bridgehead atoms. The van der Waals surface area contributed by atoms with Crippen LogP contribution < -0.4 is 21.1 Å². The molecule has 4 N–H and O–H groups in total. The second kappa shape index (κ2) is 12.6. The summed E-state index contributed by atoms with van der Waals surface area (Å²) in [6, 6.07) is 18.5. The molecule has 2 heterocycles. The van der Waals surface area contributed by atoms with Crippen LogP contribution in [0, 0.1) is 5.92 Å². The van der Waals surface area contributed by atoms with Gasteiger partial charge in [-0.3, -0.25) is 9.69 Å². The number of amides is 1. The van der Waals surface area contributed by atoms with Gasteiger partial charge in [0.25, 0.3) is 0 Å². The maximum absolute atomic E-state index is 13.1. The third kappa shape index (κ3) is 6.42. The summed E-state index contributed by atoms with van der Waals surface area (Å²) in [5.74, 6) is 2.79. The summed E-state index contributed by atoms with van der Waals surface area (Å²) in [5.41, 5.74) is 8.72. The van der Waals surface area contributed by atoms with Crippen molar-refractivity contribution in [2.24, 2.45) is 16.6 Å². The Morgan fingerprint density at radius 2 is 1.73 bits per heavy atom. The molecule has 1 aliphatic carbocycles. The quantitative estimate of drug-likeness (QED) is 0.423. The molecule has 2 aromatic carbocycles. The number of ether oxygens (including phenoxy) is 1. The zero-order valence-corrected chi connectivity index (χ0v) is 25.0. The van der Waals surface area contributed by atoms with E-state index in [0.29, 0.717) is 17.8 Å². The lowest BCUT2D eigenvalue weighted by Gasteiger charge is -2.41. The number of hydrazine groups is 1. The lowest BCUT2D eigenvalue weighted by Crippen LogP contribution is -2.55. The first kappa shape index (κ1) is 29.1. The van der Waals surface area contributed by atoms with Gasteiger partial charge in [0.15, 0.2) is 0 Å². The van der Waals surface area contributed by atoms with Gasteiger partial charge in [0.05, 0.1) is 18.4 Å². The van der Waals surface area contributed by atoms with Gasteiger partial charge in [0.2, 0.25) is 5.91 Å². The number of hydrogen-bond acceptors (Lipinski definition) is 8. The molecule has 3 atom stereocenters. The molecule has 2 unspecified atom stereocenters. The standard InChI is InChI=1S/C32H45N7O2/c1-21(2)19-27(37(3)4)32(40)36-23-13-15-24(16-14-23)39-31-28(30(33)34-20-35-31)29(38(39)5)22-11-17-26(18-12-22)41-25-9-7-6-8-10-25/h6-12,17-18,20-21,23-24,27,29,31H,13-16,19,33H2,1-5H3,(H,34,35)(H,36,40)/t23-,24+,27-,29?,31?/m1/s1. The fourth-order valence-corrected chi connectivity index (χ4v) is 6.49. The van der Waals surface area contributed by atoms with Crippen LogP contribution in [0.1, 0.15) is 57.6 Å². The number of hydrogen-bond donors (Lipinski definition) is 3. The molecule has 1 amide bonds. The SMILES string of the molecule is CC(C)C[C@H](C(=O)N[C@H]1CC[C@@H](N2C3NC=NC(N)=C3C(c3ccc(Oc4ccccc4)cc3)N2C)CC1)N(C)C. The molecular weight excluding hydrogens is 514 g/mol. The first-order chi connectivity index (χ1) is 19.7. The Morgan fingerprint density at radius 1 is 1.07 bits per heavy atom. The van der Waals surface area contributed by atoms with E-state index in [-0.39, 0.29) is 30.2 Å². The van der Waals surface area contributed by atoms with E-state index in [1.54, 1.807) is 6.34 Å². The number of fused-ring (bicyclic) bond motifs is 1. The molecular formula is C32H45N7O2. The molecule has 9 heteroatoms. The smallest absolute Gasteiger partial charge is 0.237 e. The Kier molecular flexibility index (Phi) is 8.97. The van der Waals surface area contributed by atoms with Gasteiger partial charge in [-0.25, -0.2) is 15.0 Å². The molecule has 41 heavy (non-hydrogen) atoms. The van der Waals surface area contributed by atoms with Crippen LogP contribution in [0.2, 0.25) is 0 Å². The van der Waals surface area contributed by atoms with Crippen molar-refractivity contribution in [3.05, 3.63) is 71.6 Å². The number of likely N-dealkylation sites (N-methyl/N-ethyl adjacent to an activating group) is 2. The molecule has 0 radical (unpaired) electrons. The minimum atomic E-state index is -0.0934. The second-order valence-electron chi connectivity index (χ2n) is 12.1. The lowest BCUT2D eigenvalue weighted by molar-refractivity contribution is -0.127. The highest BCUT2D eigenvalue weighted by molar-refractivity contribution is 5.82. The maximum atomic E-state index is 13.1. The van der Waals surface area contributed by atoms with E-state index in [9.17, 15) is 4.79 Å². The zero-order valence-electron chi connectivity index (χ0n) is 25.0. The second-order valence-corrected chi connectivity index (χ2v) is 12.1. The van der Waals surface area contributed by atoms with Crippen LogP contribution >= 0.6 is 0 Å². The van der Waals surface area contributed by atoms with Crippen molar-refractivity contribution in [2.75, 3.05) is 21.1 Å². The van der Waals surface area contributed by atoms with Gasteiger partial charge in [0.1, 0.15) is 23.5 Å². The predicted octanol–water partition coefficient (Wildman–Crippen LogP) is 4.21. The van der Waals surface area contributed by atoms with Crippen molar-refractivity contribution in [3.8, 4) is 11.5 Å². The van der Waals surface area contributed by atoms with Crippen molar-refractivity contribution >= 4 is 12.2 Å². The number of aliphatic imine (C=N–C) groups is 1. The minimum Gasteiger partial charge on any atom is -0.457 e. The molecule has 1 saturated carbocycles. The fraction of sp³-hybridized carbons (Fsp3) is 0.500. The normalized spacial score (nSPS) is 25.7. The highest BCUT2D eigenvalue weighted by Gasteiger charge is 2.48. The Balaban J connectivity index is 1.27. The molecule has 9 nitrogen and oxygen atoms in total. The van der Waals surface area contributed by atoms with E-state index in [2.05, 4.69) is 58.7 Å². The van der Waals surface area contributed by atoms with Gasteiger partial charge in [-0.05, 0) is 81.9 Å². The molecule has 0 spiro atoms. The lowest BCUT2D eigenvalue weighted by atomic mass is 9.89. The largest absolute Gasteiger partial charge is 0.457 e. The highest BCUT2D eigenvalue weighted by atomic mass is 16.5. The van der Waals surface area contributed by atoms with Crippen LogP contribution in [-0.4, -0.2) is 72.6 Å². The van der Waals surface area contributed by atoms with Crippen LogP contribution in [0.3, 0.4) is 0 Å².